The van der Waals surface area contributed by atoms with Gasteiger partial charge in [0.05, 0.1) is 19.3 Å². The number of allylic oxidation sites excluding steroid dienone is 1. The molecule has 8 nitrogen and oxygen atoms in total. The molecular weight excluding hydrogens is 498 g/mol. The van der Waals surface area contributed by atoms with E-state index in [2.05, 4.69) is 24.5 Å². The third-order valence-corrected chi connectivity index (χ3v) is 7.34. The van der Waals surface area contributed by atoms with Crippen molar-refractivity contribution in [3.8, 4) is 11.5 Å². The van der Waals surface area contributed by atoms with E-state index < -0.39 is 6.04 Å². The zero-order valence-electron chi connectivity index (χ0n) is 22.8. The fourth-order valence-electron chi connectivity index (χ4n) is 4.42. The number of aromatic nitrogens is 3. The summed E-state index contributed by atoms with van der Waals surface area (Å²) >= 11 is 1.60. The second-order valence-electron chi connectivity index (χ2n) is 9.37. The van der Waals surface area contributed by atoms with Crippen LogP contribution in [0, 0.1) is 6.92 Å². The second-order valence-corrected chi connectivity index (χ2v) is 10.4. The first-order valence-corrected chi connectivity index (χ1v) is 14.2. The molecule has 0 fully saturated rings. The molecule has 4 rings (SSSR count). The van der Waals surface area contributed by atoms with E-state index in [0.29, 0.717) is 34.8 Å². The predicted octanol–water partition coefficient (Wildman–Crippen LogP) is 6.59. The Balaban J connectivity index is 1.72. The standard InChI is InChI=1S/C29H37N5O3S/c1-6-8-9-15-37-23-14-13-21(18-24(23)36-5)26-25(27(35)31-22-12-10-11-19(3)17-22)20(4)30-28-32-29(33-34(26)28)38-16-7-2/h10-14,17-18,26H,6-9,15-16H2,1-5H3,(H,31,35)(H,30,32,33). The van der Waals surface area contributed by atoms with Gasteiger partial charge in [-0.1, -0.05) is 56.7 Å². The highest BCUT2D eigenvalue weighted by molar-refractivity contribution is 7.99. The Kier molecular flexibility index (Phi) is 9.33. The van der Waals surface area contributed by atoms with Gasteiger partial charge in [0.2, 0.25) is 11.1 Å². The van der Waals surface area contributed by atoms with Crippen LogP contribution in [0.3, 0.4) is 0 Å². The van der Waals surface area contributed by atoms with Crippen molar-refractivity contribution in [1.82, 2.24) is 14.8 Å². The minimum atomic E-state index is -0.498. The average molecular weight is 536 g/mol. The van der Waals surface area contributed by atoms with E-state index in [-0.39, 0.29) is 5.91 Å². The van der Waals surface area contributed by atoms with E-state index in [4.69, 9.17) is 19.6 Å². The van der Waals surface area contributed by atoms with E-state index in [1.165, 1.54) is 0 Å². The molecule has 0 aliphatic carbocycles. The van der Waals surface area contributed by atoms with Crippen LogP contribution in [0.15, 0.2) is 58.9 Å². The van der Waals surface area contributed by atoms with Crippen molar-refractivity contribution in [3.05, 3.63) is 64.9 Å². The topological polar surface area (TPSA) is 90.3 Å². The third kappa shape index (κ3) is 6.32. The Morgan fingerprint density at radius 2 is 1.95 bits per heavy atom. The molecule has 38 heavy (non-hydrogen) atoms. The van der Waals surface area contributed by atoms with Crippen molar-refractivity contribution < 1.29 is 14.3 Å². The van der Waals surface area contributed by atoms with Crippen molar-refractivity contribution >= 4 is 29.3 Å². The summed E-state index contributed by atoms with van der Waals surface area (Å²) in [7, 11) is 1.63. The number of ether oxygens (including phenoxy) is 2. The van der Waals surface area contributed by atoms with Gasteiger partial charge < -0.3 is 20.1 Å². The number of thioether (sulfide) groups is 1. The summed E-state index contributed by atoms with van der Waals surface area (Å²) < 4.78 is 13.5. The van der Waals surface area contributed by atoms with E-state index >= 15 is 0 Å². The molecule has 2 N–H and O–H groups in total. The lowest BCUT2D eigenvalue weighted by molar-refractivity contribution is -0.113. The Hall–Kier alpha value is -3.46. The number of hydrogen-bond donors (Lipinski definition) is 2. The number of aryl methyl sites for hydroxylation is 1. The molecule has 1 atom stereocenters. The molecule has 0 radical (unpaired) electrons. The maximum absolute atomic E-state index is 13.8. The number of rotatable bonds is 12. The van der Waals surface area contributed by atoms with Gasteiger partial charge in [0, 0.05) is 17.1 Å². The van der Waals surface area contributed by atoms with Crippen molar-refractivity contribution in [1.29, 1.82) is 0 Å². The molecular formula is C29H37N5O3S. The molecule has 0 bridgehead atoms. The lowest BCUT2D eigenvalue weighted by Gasteiger charge is -2.29. The lowest BCUT2D eigenvalue weighted by Crippen LogP contribution is -2.31. The van der Waals surface area contributed by atoms with Crippen LogP contribution in [0.25, 0.3) is 0 Å². The van der Waals surface area contributed by atoms with Crippen LogP contribution in [0.5, 0.6) is 11.5 Å². The molecule has 0 saturated heterocycles. The van der Waals surface area contributed by atoms with E-state index in [0.717, 1.165) is 53.9 Å². The second kappa shape index (κ2) is 12.9. The highest BCUT2D eigenvalue weighted by Crippen LogP contribution is 2.40. The molecule has 0 saturated carbocycles. The number of amides is 1. The number of nitrogens with one attached hydrogen (secondary N) is 2. The fraction of sp³-hybridized carbons (Fsp3) is 0.414. The minimum Gasteiger partial charge on any atom is -0.493 e. The van der Waals surface area contributed by atoms with Gasteiger partial charge in [0.15, 0.2) is 11.5 Å². The molecule has 1 unspecified atom stereocenters. The summed E-state index contributed by atoms with van der Waals surface area (Å²) in [6.45, 7) is 8.83. The van der Waals surface area contributed by atoms with Crippen molar-refractivity contribution in [2.24, 2.45) is 0 Å². The first kappa shape index (κ1) is 27.6. The fourth-order valence-corrected chi connectivity index (χ4v) is 5.10. The minimum absolute atomic E-state index is 0.201. The molecule has 9 heteroatoms. The first-order chi connectivity index (χ1) is 18.4. The zero-order valence-corrected chi connectivity index (χ0v) is 23.7. The van der Waals surface area contributed by atoms with Crippen LogP contribution in [-0.2, 0) is 4.79 Å². The number of benzene rings is 2. The lowest BCUT2D eigenvalue weighted by atomic mass is 9.94. The normalized spacial score (nSPS) is 14.6. The average Bonchev–Trinajstić information content (AvgIpc) is 3.31. The van der Waals surface area contributed by atoms with Gasteiger partial charge in [0.25, 0.3) is 5.91 Å². The number of unbranched alkanes of at least 4 members (excludes halogenated alkanes) is 2. The zero-order chi connectivity index (χ0) is 27.1. The molecule has 1 aliphatic rings. The van der Waals surface area contributed by atoms with Crippen molar-refractivity contribution in [3.63, 3.8) is 0 Å². The van der Waals surface area contributed by atoms with Gasteiger partial charge in [-0.25, -0.2) is 4.68 Å². The number of carbonyl (C=O) groups excluding carboxylic acids is 1. The molecule has 3 aromatic rings. The summed E-state index contributed by atoms with van der Waals surface area (Å²) in [4.78, 5) is 18.5. The highest BCUT2D eigenvalue weighted by Gasteiger charge is 2.35. The van der Waals surface area contributed by atoms with E-state index in [9.17, 15) is 4.79 Å². The Morgan fingerprint density at radius 3 is 2.68 bits per heavy atom. The summed E-state index contributed by atoms with van der Waals surface area (Å²) in [6, 6.07) is 13.1. The van der Waals surface area contributed by atoms with Crippen LogP contribution in [-0.4, -0.2) is 40.1 Å². The van der Waals surface area contributed by atoms with Gasteiger partial charge >= 0.3 is 0 Å². The summed E-state index contributed by atoms with van der Waals surface area (Å²) in [5.74, 6) is 2.63. The van der Waals surface area contributed by atoms with Gasteiger partial charge in [-0.15, -0.1) is 5.10 Å². The van der Waals surface area contributed by atoms with Gasteiger partial charge in [0.1, 0.15) is 6.04 Å². The van der Waals surface area contributed by atoms with E-state index in [1.54, 1.807) is 23.6 Å². The largest absolute Gasteiger partial charge is 0.493 e. The highest BCUT2D eigenvalue weighted by atomic mass is 32.2. The maximum atomic E-state index is 13.8. The van der Waals surface area contributed by atoms with Crippen molar-refractivity contribution in [2.75, 3.05) is 30.1 Å². The third-order valence-electron chi connectivity index (χ3n) is 6.30. The Labute approximate surface area is 229 Å². The predicted molar refractivity (Wildman–Crippen MR) is 153 cm³/mol. The number of nitrogens with zero attached hydrogens (tertiary/aromatic N) is 3. The van der Waals surface area contributed by atoms with E-state index in [1.807, 2.05) is 56.3 Å². The van der Waals surface area contributed by atoms with Gasteiger partial charge in [-0.2, -0.15) is 4.98 Å². The smallest absolute Gasteiger partial charge is 0.255 e. The number of hydrogen-bond acceptors (Lipinski definition) is 7. The summed E-state index contributed by atoms with van der Waals surface area (Å²) in [6.07, 6.45) is 4.25. The number of anilines is 2. The number of fused-ring (bicyclic) bond motifs is 1. The molecule has 1 amide bonds. The number of methoxy groups -OCH3 is 1. The quantitative estimate of drug-likeness (QED) is 0.200. The van der Waals surface area contributed by atoms with Gasteiger partial charge in [-0.3, -0.25) is 4.79 Å². The monoisotopic (exact) mass is 535 g/mol. The van der Waals surface area contributed by atoms with Crippen LogP contribution in [0.2, 0.25) is 0 Å². The molecule has 202 valence electrons. The van der Waals surface area contributed by atoms with Crippen molar-refractivity contribution in [2.45, 2.75) is 64.6 Å². The Morgan fingerprint density at radius 1 is 1.11 bits per heavy atom. The number of carbonyl (C=O) groups is 1. The molecule has 2 aromatic carbocycles. The van der Waals surface area contributed by atoms with Crippen LogP contribution in [0.1, 0.15) is 63.6 Å². The molecule has 1 aromatic heterocycles. The maximum Gasteiger partial charge on any atom is 0.255 e. The summed E-state index contributed by atoms with van der Waals surface area (Å²) in [5.41, 5.74) is 3.96. The SMILES string of the molecule is CCCCCOc1ccc(C2C(C(=O)Nc3cccc(C)c3)=C(C)Nc3nc(SCCC)nn32)cc1OC. The summed E-state index contributed by atoms with van der Waals surface area (Å²) in [5, 5.41) is 11.9. The molecule has 0 spiro atoms. The van der Waals surface area contributed by atoms with Crippen LogP contribution in [0.4, 0.5) is 11.6 Å². The van der Waals surface area contributed by atoms with Gasteiger partial charge in [-0.05, 0) is 62.1 Å². The Bertz CT molecular complexity index is 1300. The molecule has 1 aliphatic heterocycles. The van der Waals surface area contributed by atoms with Crippen LogP contribution < -0.4 is 20.1 Å². The molecule has 2 heterocycles. The van der Waals surface area contributed by atoms with Crippen LogP contribution >= 0.6 is 11.8 Å². The first-order valence-electron chi connectivity index (χ1n) is 13.2.